The highest BCUT2D eigenvalue weighted by molar-refractivity contribution is 4.99. The van der Waals surface area contributed by atoms with Crippen LogP contribution in [0.4, 0.5) is 0 Å². The maximum absolute atomic E-state index is 5.21. The lowest BCUT2D eigenvalue weighted by molar-refractivity contribution is 0.353. The molecule has 1 aliphatic heterocycles. The highest BCUT2D eigenvalue weighted by atomic mass is 16.5. The Labute approximate surface area is 77.7 Å². The molecule has 0 bridgehead atoms. The Kier molecular flexibility index (Phi) is 2.31. The summed E-state index contributed by atoms with van der Waals surface area (Å²) in [7, 11) is 0. The van der Waals surface area contributed by atoms with Gasteiger partial charge in [-0.2, -0.15) is 4.98 Å². The summed E-state index contributed by atoms with van der Waals surface area (Å²) < 4.78 is 5.21. The second-order valence-electron chi connectivity index (χ2n) is 3.84. The third-order valence-corrected chi connectivity index (χ3v) is 2.38. The van der Waals surface area contributed by atoms with Gasteiger partial charge in [-0.3, -0.25) is 0 Å². The van der Waals surface area contributed by atoms with E-state index in [1.54, 1.807) is 0 Å². The molecule has 13 heavy (non-hydrogen) atoms. The number of hydrogen-bond donors (Lipinski definition) is 1. The van der Waals surface area contributed by atoms with Crippen molar-refractivity contribution in [2.24, 2.45) is 0 Å². The van der Waals surface area contributed by atoms with Crippen molar-refractivity contribution in [3.8, 4) is 0 Å². The van der Waals surface area contributed by atoms with E-state index >= 15 is 0 Å². The largest absolute Gasteiger partial charge is 0.339 e. The molecule has 1 unspecified atom stereocenters. The third-order valence-electron chi connectivity index (χ3n) is 2.38. The fraction of sp³-hybridized carbons (Fsp3) is 0.778. The summed E-state index contributed by atoms with van der Waals surface area (Å²) >= 11 is 0. The SMILES string of the molecule is CC(C)c1noc(C2CCNC2)n1. The molecule has 0 radical (unpaired) electrons. The fourth-order valence-corrected chi connectivity index (χ4v) is 1.51. The normalized spacial score (nSPS) is 22.8. The van der Waals surface area contributed by atoms with Crippen molar-refractivity contribution in [1.82, 2.24) is 15.5 Å². The first-order valence-corrected chi connectivity index (χ1v) is 4.81. The minimum absolute atomic E-state index is 0.354. The summed E-state index contributed by atoms with van der Waals surface area (Å²) in [6.45, 7) is 6.17. The monoisotopic (exact) mass is 181 g/mol. The first-order valence-electron chi connectivity index (χ1n) is 4.81. The van der Waals surface area contributed by atoms with Crippen LogP contribution in [-0.2, 0) is 0 Å². The zero-order chi connectivity index (χ0) is 9.26. The molecule has 0 aromatic carbocycles. The van der Waals surface area contributed by atoms with E-state index in [9.17, 15) is 0 Å². The van der Waals surface area contributed by atoms with Gasteiger partial charge in [0.15, 0.2) is 5.82 Å². The molecule has 0 spiro atoms. The minimum atomic E-state index is 0.354. The molecule has 0 saturated carbocycles. The summed E-state index contributed by atoms with van der Waals surface area (Å²) in [4.78, 5) is 4.37. The van der Waals surface area contributed by atoms with Crippen molar-refractivity contribution < 1.29 is 4.52 Å². The highest BCUT2D eigenvalue weighted by Gasteiger charge is 2.23. The topological polar surface area (TPSA) is 51.0 Å². The first-order chi connectivity index (χ1) is 6.27. The van der Waals surface area contributed by atoms with Gasteiger partial charge >= 0.3 is 0 Å². The number of hydrogen-bond acceptors (Lipinski definition) is 4. The van der Waals surface area contributed by atoms with Crippen molar-refractivity contribution in [3.63, 3.8) is 0 Å². The predicted octanol–water partition coefficient (Wildman–Crippen LogP) is 1.27. The minimum Gasteiger partial charge on any atom is -0.339 e. The van der Waals surface area contributed by atoms with Gasteiger partial charge in [0, 0.05) is 12.5 Å². The Bertz CT molecular complexity index is 276. The highest BCUT2D eigenvalue weighted by Crippen LogP contribution is 2.21. The molecule has 4 nitrogen and oxygen atoms in total. The van der Waals surface area contributed by atoms with Gasteiger partial charge in [-0.15, -0.1) is 0 Å². The van der Waals surface area contributed by atoms with Crippen LogP contribution in [0.5, 0.6) is 0 Å². The van der Waals surface area contributed by atoms with Gasteiger partial charge < -0.3 is 9.84 Å². The summed E-state index contributed by atoms with van der Waals surface area (Å²) in [6, 6.07) is 0. The molecule has 2 rings (SSSR count). The Balaban J connectivity index is 2.12. The summed E-state index contributed by atoms with van der Waals surface area (Å²) in [5.74, 6) is 2.41. The molecular formula is C9H15N3O. The Hall–Kier alpha value is -0.900. The summed E-state index contributed by atoms with van der Waals surface area (Å²) in [5.41, 5.74) is 0. The van der Waals surface area contributed by atoms with E-state index in [0.717, 1.165) is 31.2 Å². The molecule has 2 heterocycles. The van der Waals surface area contributed by atoms with E-state index in [1.165, 1.54) is 0 Å². The van der Waals surface area contributed by atoms with E-state index in [2.05, 4.69) is 29.3 Å². The number of aromatic nitrogens is 2. The van der Waals surface area contributed by atoms with Gasteiger partial charge in [-0.05, 0) is 13.0 Å². The Morgan fingerprint density at radius 3 is 2.92 bits per heavy atom. The van der Waals surface area contributed by atoms with Crippen LogP contribution in [0.3, 0.4) is 0 Å². The molecule has 1 fully saturated rings. The zero-order valence-electron chi connectivity index (χ0n) is 8.08. The van der Waals surface area contributed by atoms with E-state index in [0.29, 0.717) is 11.8 Å². The van der Waals surface area contributed by atoms with Crippen molar-refractivity contribution in [2.75, 3.05) is 13.1 Å². The average molecular weight is 181 g/mol. The molecule has 1 saturated heterocycles. The van der Waals surface area contributed by atoms with E-state index in [1.807, 2.05) is 0 Å². The van der Waals surface area contributed by atoms with Crippen LogP contribution in [0.15, 0.2) is 4.52 Å². The van der Waals surface area contributed by atoms with Crippen LogP contribution in [0, 0.1) is 0 Å². The van der Waals surface area contributed by atoms with Gasteiger partial charge in [0.25, 0.3) is 0 Å². The van der Waals surface area contributed by atoms with Gasteiger partial charge in [0.1, 0.15) is 0 Å². The van der Waals surface area contributed by atoms with Crippen LogP contribution in [-0.4, -0.2) is 23.2 Å². The lowest BCUT2D eigenvalue weighted by Crippen LogP contribution is -2.08. The molecule has 0 amide bonds. The average Bonchev–Trinajstić information content (AvgIpc) is 2.75. The van der Waals surface area contributed by atoms with E-state index < -0.39 is 0 Å². The smallest absolute Gasteiger partial charge is 0.231 e. The second kappa shape index (κ2) is 3.46. The molecule has 4 heteroatoms. The van der Waals surface area contributed by atoms with Crippen molar-refractivity contribution in [2.45, 2.75) is 32.1 Å². The van der Waals surface area contributed by atoms with Crippen LogP contribution >= 0.6 is 0 Å². The quantitative estimate of drug-likeness (QED) is 0.746. The number of rotatable bonds is 2. The van der Waals surface area contributed by atoms with Crippen LogP contribution in [0.2, 0.25) is 0 Å². The Morgan fingerprint density at radius 1 is 1.54 bits per heavy atom. The van der Waals surface area contributed by atoms with Crippen LogP contribution in [0.1, 0.15) is 43.8 Å². The second-order valence-corrected chi connectivity index (χ2v) is 3.84. The van der Waals surface area contributed by atoms with Gasteiger partial charge in [0.2, 0.25) is 5.89 Å². The molecular weight excluding hydrogens is 166 g/mol. The molecule has 72 valence electrons. The van der Waals surface area contributed by atoms with E-state index in [4.69, 9.17) is 4.52 Å². The summed E-state index contributed by atoms with van der Waals surface area (Å²) in [6.07, 6.45) is 1.11. The van der Waals surface area contributed by atoms with Gasteiger partial charge in [-0.1, -0.05) is 19.0 Å². The fourth-order valence-electron chi connectivity index (χ4n) is 1.51. The van der Waals surface area contributed by atoms with Gasteiger partial charge in [-0.25, -0.2) is 0 Å². The molecule has 1 atom stereocenters. The molecule has 1 aromatic heterocycles. The molecule has 0 aliphatic carbocycles. The Morgan fingerprint density at radius 2 is 2.38 bits per heavy atom. The standard InChI is InChI=1S/C9H15N3O/c1-6(2)8-11-9(13-12-8)7-3-4-10-5-7/h6-7,10H,3-5H2,1-2H3. The maximum atomic E-state index is 5.21. The van der Waals surface area contributed by atoms with Gasteiger partial charge in [0.05, 0.1) is 5.92 Å². The van der Waals surface area contributed by atoms with E-state index in [-0.39, 0.29) is 0 Å². The first kappa shape index (κ1) is 8.69. The molecule has 1 aliphatic rings. The number of nitrogens with zero attached hydrogens (tertiary/aromatic N) is 2. The van der Waals surface area contributed by atoms with Crippen molar-refractivity contribution in [3.05, 3.63) is 11.7 Å². The van der Waals surface area contributed by atoms with Crippen molar-refractivity contribution >= 4 is 0 Å². The van der Waals surface area contributed by atoms with Crippen LogP contribution in [0.25, 0.3) is 0 Å². The molecule has 1 N–H and O–H groups in total. The summed E-state index contributed by atoms with van der Waals surface area (Å²) in [5, 5.41) is 7.23. The maximum Gasteiger partial charge on any atom is 0.231 e. The molecule has 1 aromatic rings. The lowest BCUT2D eigenvalue weighted by atomic mass is 10.1. The lowest BCUT2D eigenvalue weighted by Gasteiger charge is -1.98. The third kappa shape index (κ3) is 1.72. The van der Waals surface area contributed by atoms with Crippen molar-refractivity contribution in [1.29, 1.82) is 0 Å². The van der Waals surface area contributed by atoms with Crippen LogP contribution < -0.4 is 5.32 Å². The zero-order valence-corrected chi connectivity index (χ0v) is 8.08. The predicted molar refractivity (Wildman–Crippen MR) is 48.6 cm³/mol. The number of nitrogens with one attached hydrogen (secondary N) is 1.